The van der Waals surface area contributed by atoms with Gasteiger partial charge in [0.25, 0.3) is 0 Å². The first kappa shape index (κ1) is 15.2. The van der Waals surface area contributed by atoms with Crippen molar-refractivity contribution >= 4 is 21.4 Å². The lowest BCUT2D eigenvalue weighted by Gasteiger charge is -2.19. The second-order valence-corrected chi connectivity index (χ2v) is 6.72. The average molecular weight is 293 g/mol. The predicted molar refractivity (Wildman–Crippen MR) is 72.4 cm³/mol. The van der Waals surface area contributed by atoms with Crippen molar-refractivity contribution in [2.75, 3.05) is 19.1 Å². The molecule has 1 atom stereocenters. The number of sulfone groups is 1. The van der Waals surface area contributed by atoms with Gasteiger partial charge in [-0.3, -0.25) is 11.3 Å². The zero-order chi connectivity index (χ0) is 13.8. The first-order valence-corrected chi connectivity index (χ1v) is 7.78. The zero-order valence-corrected chi connectivity index (χ0v) is 11.9. The molecule has 0 fully saturated rings. The molecule has 0 spiro atoms. The molecule has 1 rings (SSSR count). The Morgan fingerprint density at radius 3 is 2.67 bits per heavy atom. The van der Waals surface area contributed by atoms with E-state index in [-0.39, 0.29) is 11.8 Å². The van der Waals surface area contributed by atoms with Crippen LogP contribution in [0.5, 0.6) is 5.75 Å². The standard InChI is InChI=1S/C11H17ClN2O3S/c1-17-11-4-3-8(12)7-9(11)10(14-13)5-6-18(2,15)16/h3-4,7,10,14H,5-6,13H2,1-2H3. The van der Waals surface area contributed by atoms with Crippen LogP contribution < -0.4 is 16.0 Å². The Hall–Kier alpha value is -0.820. The number of hydrogen-bond donors (Lipinski definition) is 2. The Kier molecular flexibility index (Phi) is 5.40. The van der Waals surface area contributed by atoms with Gasteiger partial charge >= 0.3 is 0 Å². The molecule has 18 heavy (non-hydrogen) atoms. The predicted octanol–water partition coefficient (Wildman–Crippen LogP) is 1.29. The number of hydrogen-bond acceptors (Lipinski definition) is 5. The minimum absolute atomic E-state index is 0.0392. The molecule has 1 unspecified atom stereocenters. The molecule has 0 heterocycles. The van der Waals surface area contributed by atoms with E-state index in [2.05, 4.69) is 5.43 Å². The van der Waals surface area contributed by atoms with Crippen LogP contribution in [0.25, 0.3) is 0 Å². The molecule has 3 N–H and O–H groups in total. The van der Waals surface area contributed by atoms with Gasteiger partial charge in [0.05, 0.1) is 18.9 Å². The summed E-state index contributed by atoms with van der Waals surface area (Å²) in [5.41, 5.74) is 3.34. The highest BCUT2D eigenvalue weighted by Crippen LogP contribution is 2.29. The lowest BCUT2D eigenvalue weighted by atomic mass is 10.0. The Morgan fingerprint density at radius 1 is 1.50 bits per heavy atom. The van der Waals surface area contributed by atoms with Crippen molar-refractivity contribution < 1.29 is 13.2 Å². The molecule has 1 aromatic carbocycles. The molecular weight excluding hydrogens is 276 g/mol. The quantitative estimate of drug-likeness (QED) is 0.610. The molecule has 1 aromatic rings. The lowest BCUT2D eigenvalue weighted by molar-refractivity contribution is 0.398. The number of nitrogens with two attached hydrogens (primary N) is 1. The fourth-order valence-electron chi connectivity index (χ4n) is 1.64. The summed E-state index contributed by atoms with van der Waals surface area (Å²) in [4.78, 5) is 0. The van der Waals surface area contributed by atoms with Gasteiger partial charge in [-0.25, -0.2) is 8.42 Å². The van der Waals surface area contributed by atoms with Crippen LogP contribution in [0, 0.1) is 0 Å². The van der Waals surface area contributed by atoms with Crippen molar-refractivity contribution in [3.05, 3.63) is 28.8 Å². The lowest BCUT2D eigenvalue weighted by Crippen LogP contribution is -2.30. The monoisotopic (exact) mass is 292 g/mol. The molecule has 0 amide bonds. The highest BCUT2D eigenvalue weighted by atomic mass is 35.5. The number of hydrazine groups is 1. The van der Waals surface area contributed by atoms with Crippen LogP contribution in [0.2, 0.25) is 5.02 Å². The minimum Gasteiger partial charge on any atom is -0.496 e. The van der Waals surface area contributed by atoms with Crippen molar-refractivity contribution in [1.82, 2.24) is 5.43 Å². The molecule has 0 saturated carbocycles. The van der Waals surface area contributed by atoms with Crippen molar-refractivity contribution in [3.63, 3.8) is 0 Å². The first-order valence-electron chi connectivity index (χ1n) is 5.34. The van der Waals surface area contributed by atoms with Gasteiger partial charge in [0.2, 0.25) is 0 Å². The highest BCUT2D eigenvalue weighted by Gasteiger charge is 2.17. The molecular formula is C11H17ClN2O3S. The highest BCUT2D eigenvalue weighted by molar-refractivity contribution is 7.90. The molecule has 0 aliphatic heterocycles. The van der Waals surface area contributed by atoms with Crippen molar-refractivity contribution in [2.24, 2.45) is 5.84 Å². The van der Waals surface area contributed by atoms with Gasteiger partial charge in [0.15, 0.2) is 0 Å². The maximum atomic E-state index is 11.2. The Morgan fingerprint density at radius 2 is 2.17 bits per heavy atom. The van der Waals surface area contributed by atoms with E-state index in [1.807, 2.05) is 0 Å². The van der Waals surface area contributed by atoms with E-state index < -0.39 is 9.84 Å². The summed E-state index contributed by atoms with van der Waals surface area (Å²) in [6.07, 6.45) is 1.54. The van der Waals surface area contributed by atoms with E-state index in [0.717, 1.165) is 5.56 Å². The molecule has 5 nitrogen and oxygen atoms in total. The Labute approximate surface area is 112 Å². The maximum Gasteiger partial charge on any atom is 0.147 e. The summed E-state index contributed by atoms with van der Waals surface area (Å²) in [5, 5.41) is 0.547. The summed E-state index contributed by atoms with van der Waals surface area (Å²) >= 11 is 5.92. The van der Waals surface area contributed by atoms with Gasteiger partial charge < -0.3 is 4.74 Å². The third-order valence-corrected chi connectivity index (χ3v) is 3.76. The average Bonchev–Trinajstić information content (AvgIpc) is 2.28. The van der Waals surface area contributed by atoms with Gasteiger partial charge in [-0.05, 0) is 24.6 Å². The molecule has 102 valence electrons. The second kappa shape index (κ2) is 6.38. The van der Waals surface area contributed by atoms with Crippen molar-refractivity contribution in [1.29, 1.82) is 0 Å². The number of halogens is 1. The van der Waals surface area contributed by atoms with Crippen LogP contribution in [0.15, 0.2) is 18.2 Å². The largest absolute Gasteiger partial charge is 0.496 e. The molecule has 0 aliphatic carbocycles. The maximum absolute atomic E-state index is 11.2. The van der Waals surface area contributed by atoms with Crippen LogP contribution in [0.3, 0.4) is 0 Å². The summed E-state index contributed by atoms with van der Waals surface area (Å²) in [5.74, 6) is 6.12. The van der Waals surface area contributed by atoms with E-state index in [9.17, 15) is 8.42 Å². The molecule has 0 aliphatic rings. The second-order valence-electron chi connectivity index (χ2n) is 4.02. The fraction of sp³-hybridized carbons (Fsp3) is 0.455. The molecule has 0 saturated heterocycles. The van der Waals surface area contributed by atoms with Crippen LogP contribution >= 0.6 is 11.6 Å². The summed E-state index contributed by atoms with van der Waals surface area (Å²) in [7, 11) is -1.50. The summed E-state index contributed by atoms with van der Waals surface area (Å²) in [6.45, 7) is 0. The van der Waals surface area contributed by atoms with E-state index in [1.54, 1.807) is 18.2 Å². The smallest absolute Gasteiger partial charge is 0.147 e. The van der Waals surface area contributed by atoms with E-state index in [1.165, 1.54) is 13.4 Å². The Bertz CT molecular complexity index is 505. The third kappa shape index (κ3) is 4.45. The summed E-state index contributed by atoms with van der Waals surface area (Å²) < 4.78 is 27.6. The van der Waals surface area contributed by atoms with Crippen LogP contribution in [0.1, 0.15) is 18.0 Å². The van der Waals surface area contributed by atoms with Gasteiger partial charge in [-0.2, -0.15) is 0 Å². The molecule has 0 aromatic heterocycles. The third-order valence-electron chi connectivity index (χ3n) is 2.55. The Balaban J connectivity index is 2.97. The van der Waals surface area contributed by atoms with Crippen LogP contribution in [0.4, 0.5) is 0 Å². The topological polar surface area (TPSA) is 81.4 Å². The number of benzene rings is 1. The summed E-state index contributed by atoms with van der Waals surface area (Å²) in [6, 6.07) is 4.82. The van der Waals surface area contributed by atoms with Crippen LogP contribution in [-0.2, 0) is 9.84 Å². The minimum atomic E-state index is -3.04. The van der Waals surface area contributed by atoms with Crippen molar-refractivity contribution in [2.45, 2.75) is 12.5 Å². The number of methoxy groups -OCH3 is 1. The molecule has 7 heteroatoms. The van der Waals surface area contributed by atoms with E-state index in [0.29, 0.717) is 17.2 Å². The fourth-order valence-corrected chi connectivity index (χ4v) is 2.48. The normalized spacial score (nSPS) is 13.3. The van der Waals surface area contributed by atoms with Gasteiger partial charge in [-0.1, -0.05) is 11.6 Å². The van der Waals surface area contributed by atoms with Crippen molar-refractivity contribution in [3.8, 4) is 5.75 Å². The first-order chi connectivity index (χ1) is 8.37. The van der Waals surface area contributed by atoms with Crippen LogP contribution in [-0.4, -0.2) is 27.5 Å². The SMILES string of the molecule is COc1ccc(Cl)cc1C(CCS(C)(=O)=O)NN. The van der Waals surface area contributed by atoms with E-state index >= 15 is 0 Å². The molecule has 0 radical (unpaired) electrons. The number of rotatable bonds is 6. The molecule has 0 bridgehead atoms. The van der Waals surface area contributed by atoms with Gasteiger partial charge in [0.1, 0.15) is 15.6 Å². The number of nitrogens with one attached hydrogen (secondary N) is 1. The van der Waals surface area contributed by atoms with E-state index in [4.69, 9.17) is 22.2 Å². The van der Waals surface area contributed by atoms with Gasteiger partial charge in [-0.15, -0.1) is 0 Å². The number of ether oxygens (including phenoxy) is 1. The zero-order valence-electron chi connectivity index (χ0n) is 10.3. The van der Waals surface area contributed by atoms with Gasteiger partial charge in [0, 0.05) is 16.8 Å².